The molecule has 0 spiro atoms. The highest BCUT2D eigenvalue weighted by Gasteiger charge is 2.43. The van der Waals surface area contributed by atoms with Gasteiger partial charge in [0.15, 0.2) is 0 Å². The third-order valence-corrected chi connectivity index (χ3v) is 10.2. The fraction of sp³-hybridized carbons (Fsp3) is 0.583. The number of nitrogens with zero attached hydrogens (tertiary/aromatic N) is 3. The van der Waals surface area contributed by atoms with Gasteiger partial charge in [0.25, 0.3) is 0 Å². The minimum atomic E-state index is -0.660. The molecule has 1 aliphatic carbocycles. The van der Waals surface area contributed by atoms with Crippen LogP contribution in [-0.4, -0.2) is 96.1 Å². The van der Waals surface area contributed by atoms with Crippen LogP contribution in [0.25, 0.3) is 0 Å². The van der Waals surface area contributed by atoms with E-state index in [0.717, 1.165) is 83.1 Å². The number of hydrogen-bond donors (Lipinski definition) is 1. The number of hydrogen-bond acceptors (Lipinski definition) is 6. The first-order chi connectivity index (χ1) is 21.5. The van der Waals surface area contributed by atoms with Crippen molar-refractivity contribution in [1.82, 2.24) is 14.7 Å². The van der Waals surface area contributed by atoms with Gasteiger partial charge in [0.2, 0.25) is 0 Å². The van der Waals surface area contributed by atoms with Crippen molar-refractivity contribution < 1.29 is 24.2 Å². The number of carbonyl (C=O) groups is 3. The first kappa shape index (κ1) is 32.2. The molecule has 5 rings (SSSR count). The van der Waals surface area contributed by atoms with Crippen LogP contribution in [0.4, 0.5) is 4.79 Å². The standard InChI is InChI=1S/C36H49N3O5/c1-2-39(36(43)44-22-19-27-13-15-28(26-40)16-14-27)32-17-20-37(21-18-32)23-31-24-38(25-33(31)29-9-5-3-6-10-29)34(35(41)42)30-11-7-4-8-12-30/h3,5-6,9-10,13-16,26,30-34H,2,4,7-8,11-12,17-25H2,1H3,(H,41,42). The number of benzene rings is 2. The van der Waals surface area contributed by atoms with E-state index in [9.17, 15) is 19.5 Å². The predicted molar refractivity (Wildman–Crippen MR) is 171 cm³/mol. The van der Waals surface area contributed by atoms with Gasteiger partial charge in [-0.15, -0.1) is 0 Å². The molecule has 1 amide bonds. The van der Waals surface area contributed by atoms with E-state index in [4.69, 9.17) is 4.74 Å². The molecule has 2 aromatic rings. The zero-order chi connectivity index (χ0) is 30.9. The van der Waals surface area contributed by atoms with E-state index in [2.05, 4.69) is 40.1 Å². The topological polar surface area (TPSA) is 90.4 Å². The number of likely N-dealkylation sites (tertiary alicyclic amines) is 2. The second-order valence-electron chi connectivity index (χ2n) is 13.0. The summed E-state index contributed by atoms with van der Waals surface area (Å²) in [5, 5.41) is 10.3. The number of aldehydes is 1. The average molecular weight is 604 g/mol. The molecule has 1 N–H and O–H groups in total. The zero-order valence-electron chi connectivity index (χ0n) is 26.2. The molecule has 8 heteroatoms. The number of carbonyl (C=O) groups excluding carboxylic acids is 2. The summed E-state index contributed by atoms with van der Waals surface area (Å²) in [6.07, 6.45) is 8.54. The molecule has 1 saturated carbocycles. The van der Waals surface area contributed by atoms with Crippen molar-refractivity contribution in [2.75, 3.05) is 45.9 Å². The molecule has 2 saturated heterocycles. The lowest BCUT2D eigenvalue weighted by molar-refractivity contribution is -0.145. The van der Waals surface area contributed by atoms with Crippen LogP contribution in [0.5, 0.6) is 0 Å². The Morgan fingerprint density at radius 1 is 0.977 bits per heavy atom. The molecule has 3 atom stereocenters. The fourth-order valence-corrected chi connectivity index (χ4v) is 7.88. The molecule has 0 bridgehead atoms. The third kappa shape index (κ3) is 8.07. The van der Waals surface area contributed by atoms with E-state index in [-0.39, 0.29) is 18.1 Å². The van der Waals surface area contributed by atoms with E-state index in [1.807, 2.05) is 24.0 Å². The van der Waals surface area contributed by atoms with Gasteiger partial charge in [-0.2, -0.15) is 0 Å². The van der Waals surface area contributed by atoms with Gasteiger partial charge in [0.05, 0.1) is 6.61 Å². The first-order valence-corrected chi connectivity index (χ1v) is 16.7. The highest BCUT2D eigenvalue weighted by atomic mass is 16.6. The maximum Gasteiger partial charge on any atom is 0.410 e. The van der Waals surface area contributed by atoms with Crippen LogP contribution >= 0.6 is 0 Å². The predicted octanol–water partition coefficient (Wildman–Crippen LogP) is 5.71. The van der Waals surface area contributed by atoms with Crippen LogP contribution in [-0.2, 0) is 16.0 Å². The SMILES string of the molecule is CCN(C(=O)OCCc1ccc(C=O)cc1)C1CCN(CC2CN(C(C(=O)O)C3CCCCC3)CC2c2ccccc2)CC1. The van der Waals surface area contributed by atoms with E-state index in [1.165, 1.54) is 12.0 Å². The number of aliphatic carboxylic acids is 1. The number of ether oxygens (including phenoxy) is 1. The first-order valence-electron chi connectivity index (χ1n) is 16.7. The summed E-state index contributed by atoms with van der Waals surface area (Å²) in [5.74, 6) is 0.269. The van der Waals surface area contributed by atoms with Crippen molar-refractivity contribution in [2.24, 2.45) is 11.8 Å². The normalized spacial score (nSPS) is 22.8. The smallest absolute Gasteiger partial charge is 0.410 e. The summed E-state index contributed by atoms with van der Waals surface area (Å²) in [6, 6.07) is 17.8. The van der Waals surface area contributed by atoms with E-state index >= 15 is 0 Å². The van der Waals surface area contributed by atoms with Crippen LogP contribution in [0.15, 0.2) is 54.6 Å². The Kier molecular flexibility index (Phi) is 11.5. The quantitative estimate of drug-likeness (QED) is 0.311. The van der Waals surface area contributed by atoms with Crippen LogP contribution in [0.1, 0.15) is 79.3 Å². The lowest BCUT2D eigenvalue weighted by atomic mass is 9.83. The molecule has 2 aromatic carbocycles. The monoisotopic (exact) mass is 603 g/mol. The highest BCUT2D eigenvalue weighted by molar-refractivity contribution is 5.75. The molecular formula is C36H49N3O5. The van der Waals surface area contributed by atoms with Gasteiger partial charge in [-0.3, -0.25) is 14.5 Å². The van der Waals surface area contributed by atoms with E-state index < -0.39 is 12.0 Å². The Hall–Kier alpha value is -3.23. The lowest BCUT2D eigenvalue weighted by Crippen LogP contribution is -2.49. The minimum Gasteiger partial charge on any atom is -0.480 e. The molecule has 238 valence electrons. The van der Waals surface area contributed by atoms with Gasteiger partial charge >= 0.3 is 12.1 Å². The molecule has 3 unspecified atom stereocenters. The van der Waals surface area contributed by atoms with Crippen LogP contribution in [0.3, 0.4) is 0 Å². The molecule has 2 heterocycles. The van der Waals surface area contributed by atoms with Crippen molar-refractivity contribution in [3.05, 3.63) is 71.3 Å². The third-order valence-electron chi connectivity index (χ3n) is 10.2. The molecule has 0 radical (unpaired) electrons. The van der Waals surface area contributed by atoms with Crippen LogP contribution in [0.2, 0.25) is 0 Å². The lowest BCUT2D eigenvalue weighted by Gasteiger charge is -2.39. The highest BCUT2D eigenvalue weighted by Crippen LogP contribution is 2.38. The van der Waals surface area contributed by atoms with Crippen molar-refractivity contribution >= 4 is 18.3 Å². The summed E-state index contributed by atoms with van der Waals surface area (Å²) in [7, 11) is 0. The molecular weight excluding hydrogens is 554 g/mol. The summed E-state index contributed by atoms with van der Waals surface area (Å²) in [5.41, 5.74) is 2.98. The summed E-state index contributed by atoms with van der Waals surface area (Å²) < 4.78 is 5.66. The van der Waals surface area contributed by atoms with Gasteiger partial charge in [0, 0.05) is 63.2 Å². The average Bonchev–Trinajstić information content (AvgIpc) is 3.46. The Bertz CT molecular complexity index is 1210. The van der Waals surface area contributed by atoms with Crippen molar-refractivity contribution in [3.63, 3.8) is 0 Å². The molecule has 0 aromatic heterocycles. The van der Waals surface area contributed by atoms with Crippen LogP contribution < -0.4 is 0 Å². The Balaban J connectivity index is 1.15. The second-order valence-corrected chi connectivity index (χ2v) is 13.0. The summed E-state index contributed by atoms with van der Waals surface area (Å²) >= 11 is 0. The van der Waals surface area contributed by atoms with Crippen molar-refractivity contribution in [3.8, 4) is 0 Å². The van der Waals surface area contributed by atoms with Gasteiger partial charge in [0.1, 0.15) is 12.3 Å². The second kappa shape index (κ2) is 15.7. The number of amides is 1. The number of piperidine rings is 1. The summed E-state index contributed by atoms with van der Waals surface area (Å²) in [6.45, 7) is 7.33. The number of carboxylic acids is 1. The molecule has 8 nitrogen and oxygen atoms in total. The molecule has 2 aliphatic heterocycles. The zero-order valence-corrected chi connectivity index (χ0v) is 26.2. The van der Waals surface area contributed by atoms with Crippen molar-refractivity contribution in [1.29, 1.82) is 0 Å². The number of rotatable bonds is 12. The molecule has 44 heavy (non-hydrogen) atoms. The van der Waals surface area contributed by atoms with E-state index in [0.29, 0.717) is 37.0 Å². The van der Waals surface area contributed by atoms with Gasteiger partial charge < -0.3 is 19.6 Å². The largest absolute Gasteiger partial charge is 0.480 e. The van der Waals surface area contributed by atoms with Gasteiger partial charge in [-0.05, 0) is 55.6 Å². The Morgan fingerprint density at radius 3 is 2.32 bits per heavy atom. The van der Waals surface area contributed by atoms with Crippen molar-refractivity contribution in [2.45, 2.75) is 76.3 Å². The van der Waals surface area contributed by atoms with Crippen LogP contribution in [0, 0.1) is 11.8 Å². The van der Waals surface area contributed by atoms with Gasteiger partial charge in [-0.1, -0.05) is 73.9 Å². The Morgan fingerprint density at radius 2 is 1.68 bits per heavy atom. The van der Waals surface area contributed by atoms with Gasteiger partial charge in [-0.25, -0.2) is 4.79 Å². The molecule has 3 aliphatic rings. The Labute approximate surface area is 262 Å². The maximum atomic E-state index is 13.0. The van der Waals surface area contributed by atoms with E-state index in [1.54, 1.807) is 12.1 Å². The minimum absolute atomic E-state index is 0.156. The molecule has 3 fully saturated rings. The summed E-state index contributed by atoms with van der Waals surface area (Å²) in [4.78, 5) is 43.1. The maximum absolute atomic E-state index is 13.0. The fourth-order valence-electron chi connectivity index (χ4n) is 7.88. The number of carboxylic acid groups (broad SMARTS) is 1.